The van der Waals surface area contributed by atoms with Crippen molar-refractivity contribution in [3.63, 3.8) is 0 Å². The molecule has 0 saturated heterocycles. The van der Waals surface area contributed by atoms with E-state index in [1.807, 2.05) is 0 Å². The van der Waals surface area contributed by atoms with Crippen molar-refractivity contribution in [1.82, 2.24) is 6.15 Å². The minimum atomic E-state index is 0. The van der Waals surface area contributed by atoms with E-state index < -0.39 is 0 Å². The van der Waals surface area contributed by atoms with Gasteiger partial charge >= 0.3 is 52.8 Å². The zero-order valence-electron chi connectivity index (χ0n) is 2.49. The zero-order chi connectivity index (χ0) is 0. The zero-order valence-corrected chi connectivity index (χ0v) is 1.49. The van der Waals surface area contributed by atoms with Gasteiger partial charge in [0.25, 0.3) is 0 Å². The third-order valence-corrected chi connectivity index (χ3v) is 0. The van der Waals surface area contributed by atoms with Gasteiger partial charge in [-0.2, -0.15) is 0 Å². The summed E-state index contributed by atoms with van der Waals surface area (Å²) in [6, 6.07) is 0. The van der Waals surface area contributed by atoms with Gasteiger partial charge < -0.3 is 10.9 Å². The van der Waals surface area contributed by atoms with Crippen molar-refractivity contribution in [1.29, 1.82) is 0 Å². The van der Waals surface area contributed by atoms with E-state index in [2.05, 4.69) is 0 Å². The molecular weight excluding hydrogens is 91.1 g/mol. The molecule has 0 rings (SSSR count). The molecule has 3 N–H and O–H groups in total. The quantitative estimate of drug-likeness (QED) is 0.317. The summed E-state index contributed by atoms with van der Waals surface area (Å²) >= 11 is 0. The van der Waals surface area contributed by atoms with Crippen LogP contribution in [0, 0.1) is 0 Å². The molecule has 0 spiro atoms. The molecule has 0 aromatic heterocycles. The van der Waals surface area contributed by atoms with Gasteiger partial charge in [0.2, 0.25) is 0 Å². The molecule has 0 unspecified atom stereocenters. The summed E-state index contributed by atoms with van der Waals surface area (Å²) in [5.41, 5.74) is 0. The molecular formula is H6F2KN. The Morgan fingerprint density at radius 1 is 1.25 bits per heavy atom. The van der Waals surface area contributed by atoms with E-state index in [-0.39, 0.29) is 68.4 Å². The third kappa shape index (κ3) is 9.83. The van der Waals surface area contributed by atoms with E-state index >= 15 is 0 Å². The predicted octanol–water partition coefficient (Wildman–Crippen LogP) is -3.22. The first-order valence-corrected chi connectivity index (χ1v) is 0. The van der Waals surface area contributed by atoms with Crippen molar-refractivity contribution in [3.05, 3.63) is 0 Å². The Balaban J connectivity index is 0. The normalized spacial score (nSPS) is 0. The molecule has 0 aliphatic heterocycles. The van der Waals surface area contributed by atoms with Crippen molar-refractivity contribution >= 4 is 51.4 Å². The van der Waals surface area contributed by atoms with Gasteiger partial charge in [0.05, 0.1) is 0 Å². The van der Waals surface area contributed by atoms with Crippen molar-refractivity contribution in [3.8, 4) is 0 Å². The minimum absolute atomic E-state index is 0. The molecule has 4 heavy (non-hydrogen) atoms. The van der Waals surface area contributed by atoms with Crippen LogP contribution in [-0.2, 0) is 0 Å². The fourth-order valence-electron chi connectivity index (χ4n) is 0. The maximum atomic E-state index is 0. The Kier molecular flexibility index (Phi) is 321. The van der Waals surface area contributed by atoms with E-state index in [1.165, 1.54) is 0 Å². The summed E-state index contributed by atoms with van der Waals surface area (Å²) < 4.78 is 0. The van der Waals surface area contributed by atoms with Crippen LogP contribution in [0.1, 0.15) is 1.43 Å². The summed E-state index contributed by atoms with van der Waals surface area (Å²) in [5, 5.41) is 0. The van der Waals surface area contributed by atoms with Crippen molar-refractivity contribution in [2.24, 2.45) is 0 Å². The van der Waals surface area contributed by atoms with E-state index in [1.54, 1.807) is 0 Å². The van der Waals surface area contributed by atoms with Crippen LogP contribution in [0.5, 0.6) is 0 Å². The molecule has 0 bridgehead atoms. The summed E-state index contributed by atoms with van der Waals surface area (Å²) in [6.45, 7) is 0. The topological polar surface area (TPSA) is 35.0 Å². The van der Waals surface area contributed by atoms with Gasteiger partial charge in [-0.05, 0) is 0 Å². The van der Waals surface area contributed by atoms with Gasteiger partial charge in [-0.1, -0.05) is 0 Å². The van der Waals surface area contributed by atoms with E-state index in [4.69, 9.17) is 0 Å². The number of hydrogen-bond donors (Lipinski definition) is 1. The molecule has 0 aromatic carbocycles. The van der Waals surface area contributed by atoms with Gasteiger partial charge in [-0.25, -0.2) is 0 Å². The van der Waals surface area contributed by atoms with E-state index in [9.17, 15) is 0 Å². The monoisotopic (exact) mass is 97.0 g/mol. The van der Waals surface area contributed by atoms with Gasteiger partial charge in [0.1, 0.15) is 0 Å². The van der Waals surface area contributed by atoms with Gasteiger partial charge in [0.15, 0.2) is 0 Å². The molecule has 0 aliphatic carbocycles. The molecule has 4 heteroatoms. The van der Waals surface area contributed by atoms with Crippen LogP contribution in [0.15, 0.2) is 0 Å². The SMILES string of the molecule is F.N.[F-].[H+].[KH]. The standard InChI is InChI=1S/2FH.K.H3N.H/h2*1H;;1H3;. The predicted molar refractivity (Wildman–Crippen MR) is 15.8 cm³/mol. The van der Waals surface area contributed by atoms with Crippen LogP contribution in [-0.4, -0.2) is 51.4 Å². The molecule has 0 aromatic rings. The Morgan fingerprint density at radius 3 is 1.25 bits per heavy atom. The summed E-state index contributed by atoms with van der Waals surface area (Å²) in [5.74, 6) is 0. The second kappa shape index (κ2) is 25.1. The molecule has 0 aliphatic rings. The molecule has 0 saturated carbocycles. The first kappa shape index (κ1) is 51.1. The van der Waals surface area contributed by atoms with Crippen molar-refractivity contribution in [2.75, 3.05) is 0 Å². The fraction of sp³-hybridized carbons (Fsp3) is 0. The second-order valence-electron chi connectivity index (χ2n) is 0. The number of rotatable bonds is 0. The number of halogens is 2. The molecule has 26 valence electrons. The van der Waals surface area contributed by atoms with E-state index in [0.29, 0.717) is 0 Å². The molecule has 1 nitrogen and oxygen atoms in total. The average molecular weight is 97.1 g/mol. The first-order chi connectivity index (χ1) is 0. The third-order valence-electron chi connectivity index (χ3n) is 0. The Hall–Kier alpha value is 1.46. The van der Waals surface area contributed by atoms with Gasteiger partial charge in [-0.3, -0.25) is 4.70 Å². The molecule has 0 amide bonds. The Labute approximate surface area is 67.4 Å². The molecule has 0 heterocycles. The summed E-state index contributed by atoms with van der Waals surface area (Å²) in [7, 11) is 0. The molecule has 0 atom stereocenters. The maximum absolute atomic E-state index is 0. The first-order valence-electron chi connectivity index (χ1n) is 0. The van der Waals surface area contributed by atoms with Crippen molar-refractivity contribution in [2.45, 2.75) is 0 Å². The van der Waals surface area contributed by atoms with Crippen LogP contribution in [0.3, 0.4) is 0 Å². The average Bonchev–Trinajstić information content (AvgIpc) is 0. The number of hydrogen-bond acceptors (Lipinski definition) is 1. The van der Waals surface area contributed by atoms with Crippen LogP contribution in [0.4, 0.5) is 4.70 Å². The van der Waals surface area contributed by atoms with Crippen LogP contribution in [0.25, 0.3) is 0 Å². The van der Waals surface area contributed by atoms with Gasteiger partial charge in [0, 0.05) is 0 Å². The second-order valence-corrected chi connectivity index (χ2v) is 0. The van der Waals surface area contributed by atoms with Crippen LogP contribution in [0.2, 0.25) is 0 Å². The van der Waals surface area contributed by atoms with Crippen molar-refractivity contribution < 1.29 is 10.8 Å². The van der Waals surface area contributed by atoms with Crippen LogP contribution < -0.4 is 10.9 Å². The van der Waals surface area contributed by atoms with Crippen LogP contribution >= 0.6 is 0 Å². The fourth-order valence-corrected chi connectivity index (χ4v) is 0. The molecule has 0 fully saturated rings. The Bertz CT molecular complexity index is 9.61. The molecule has 0 radical (unpaired) electrons. The Morgan fingerprint density at radius 2 is 1.25 bits per heavy atom. The van der Waals surface area contributed by atoms with Gasteiger partial charge in [-0.15, -0.1) is 0 Å². The summed E-state index contributed by atoms with van der Waals surface area (Å²) in [6.07, 6.45) is 0. The summed E-state index contributed by atoms with van der Waals surface area (Å²) in [4.78, 5) is 0. The van der Waals surface area contributed by atoms with E-state index in [0.717, 1.165) is 0 Å².